The van der Waals surface area contributed by atoms with Gasteiger partial charge >= 0.3 is 0 Å². The van der Waals surface area contributed by atoms with Gasteiger partial charge < -0.3 is 5.32 Å². The Balaban J connectivity index is 1.83. The van der Waals surface area contributed by atoms with E-state index in [-0.39, 0.29) is 16.2 Å². The third-order valence-corrected chi connectivity index (χ3v) is 5.09. The number of H-pyrrole nitrogens is 1. The molecule has 122 valence electrons. The summed E-state index contributed by atoms with van der Waals surface area (Å²) in [6, 6.07) is 16.5. The number of anilines is 1. The zero-order chi connectivity index (χ0) is 17.0. The van der Waals surface area contributed by atoms with Crippen LogP contribution < -0.4 is 5.32 Å². The fourth-order valence-electron chi connectivity index (χ4n) is 2.23. The number of nitrogens with one attached hydrogen (secondary N) is 2. The van der Waals surface area contributed by atoms with Crippen LogP contribution in [0.2, 0.25) is 0 Å². The molecule has 3 aromatic rings. The van der Waals surface area contributed by atoms with Gasteiger partial charge in [-0.25, -0.2) is 8.42 Å². The summed E-state index contributed by atoms with van der Waals surface area (Å²) in [7, 11) is -3.53. The number of sulfone groups is 1. The van der Waals surface area contributed by atoms with Crippen molar-refractivity contribution in [1.82, 2.24) is 10.2 Å². The van der Waals surface area contributed by atoms with Crippen molar-refractivity contribution in [3.8, 4) is 0 Å². The van der Waals surface area contributed by atoms with Gasteiger partial charge in [0.05, 0.1) is 16.8 Å². The summed E-state index contributed by atoms with van der Waals surface area (Å²) >= 11 is 0. The summed E-state index contributed by atoms with van der Waals surface area (Å²) in [5, 5.41) is 8.97. The van der Waals surface area contributed by atoms with E-state index in [0.29, 0.717) is 11.4 Å². The van der Waals surface area contributed by atoms with Crippen molar-refractivity contribution in [3.63, 3.8) is 0 Å². The van der Waals surface area contributed by atoms with Gasteiger partial charge in [-0.15, -0.1) is 0 Å². The standard InChI is InChI=1S/C17H15N3O3S/c21-17(19-16-9-10-18-20-16)14-7-4-8-15(11-14)24(22,23)12-13-5-2-1-3-6-13/h1-11H,12H2,(H2,18,19,20,21). The first-order chi connectivity index (χ1) is 11.5. The van der Waals surface area contributed by atoms with Crippen LogP contribution in [-0.4, -0.2) is 24.5 Å². The summed E-state index contributed by atoms with van der Waals surface area (Å²) in [6.45, 7) is 0. The van der Waals surface area contributed by atoms with Gasteiger partial charge in [0.2, 0.25) is 0 Å². The van der Waals surface area contributed by atoms with Crippen LogP contribution in [0.25, 0.3) is 0 Å². The van der Waals surface area contributed by atoms with Crippen LogP contribution in [0.1, 0.15) is 15.9 Å². The number of amides is 1. The number of hydrogen-bond acceptors (Lipinski definition) is 4. The van der Waals surface area contributed by atoms with Crippen LogP contribution in [0.5, 0.6) is 0 Å². The van der Waals surface area contributed by atoms with Crippen molar-refractivity contribution in [2.24, 2.45) is 0 Å². The predicted molar refractivity (Wildman–Crippen MR) is 90.3 cm³/mol. The zero-order valence-electron chi connectivity index (χ0n) is 12.6. The summed E-state index contributed by atoms with van der Waals surface area (Å²) in [4.78, 5) is 12.3. The van der Waals surface area contributed by atoms with E-state index in [0.717, 1.165) is 0 Å². The lowest BCUT2D eigenvalue weighted by Gasteiger charge is -2.07. The van der Waals surface area contributed by atoms with Gasteiger partial charge in [0.15, 0.2) is 9.84 Å². The van der Waals surface area contributed by atoms with Gasteiger partial charge in [-0.3, -0.25) is 9.89 Å². The largest absolute Gasteiger partial charge is 0.307 e. The minimum Gasteiger partial charge on any atom is -0.307 e. The number of rotatable bonds is 5. The minimum absolute atomic E-state index is 0.112. The molecule has 2 N–H and O–H groups in total. The molecule has 0 atom stereocenters. The Labute approximate surface area is 139 Å². The molecule has 0 aliphatic heterocycles. The van der Waals surface area contributed by atoms with Crippen molar-refractivity contribution < 1.29 is 13.2 Å². The Bertz CT molecular complexity index is 936. The summed E-state index contributed by atoms with van der Waals surface area (Å²) in [5.74, 6) is -0.0759. The lowest BCUT2D eigenvalue weighted by molar-refractivity contribution is 0.102. The quantitative estimate of drug-likeness (QED) is 0.746. The second-order valence-electron chi connectivity index (χ2n) is 5.20. The van der Waals surface area contributed by atoms with Crippen LogP contribution >= 0.6 is 0 Å². The SMILES string of the molecule is O=C(Nc1ccn[nH]1)c1cccc(S(=O)(=O)Cc2ccccc2)c1. The molecule has 0 bridgehead atoms. The van der Waals surface area contributed by atoms with Crippen LogP contribution in [-0.2, 0) is 15.6 Å². The second-order valence-corrected chi connectivity index (χ2v) is 7.19. The molecule has 0 aliphatic rings. The molecular formula is C17H15N3O3S. The summed E-state index contributed by atoms with van der Waals surface area (Å²) in [6.07, 6.45) is 1.51. The summed E-state index contributed by atoms with van der Waals surface area (Å²) in [5.41, 5.74) is 0.962. The summed E-state index contributed by atoms with van der Waals surface area (Å²) < 4.78 is 25.1. The fourth-order valence-corrected chi connectivity index (χ4v) is 3.62. The van der Waals surface area contributed by atoms with E-state index in [1.807, 2.05) is 6.07 Å². The first-order valence-electron chi connectivity index (χ1n) is 7.22. The number of aromatic amines is 1. The molecule has 1 aromatic heterocycles. The van der Waals surface area contributed by atoms with Crippen LogP contribution in [0.3, 0.4) is 0 Å². The number of carbonyl (C=O) groups excluding carboxylic acids is 1. The fraction of sp³-hybridized carbons (Fsp3) is 0.0588. The van der Waals surface area contributed by atoms with Crippen molar-refractivity contribution in [2.45, 2.75) is 10.6 Å². The predicted octanol–water partition coefficient (Wildman–Crippen LogP) is 2.64. The Morgan fingerprint density at radius 3 is 2.54 bits per heavy atom. The number of aromatic nitrogens is 2. The molecule has 6 nitrogen and oxygen atoms in total. The molecule has 3 rings (SSSR count). The number of benzene rings is 2. The van der Waals surface area contributed by atoms with E-state index < -0.39 is 15.7 Å². The third kappa shape index (κ3) is 3.69. The molecule has 2 aromatic carbocycles. The molecule has 0 spiro atoms. The third-order valence-electron chi connectivity index (χ3n) is 3.40. The Morgan fingerprint density at radius 1 is 1.04 bits per heavy atom. The average molecular weight is 341 g/mol. The van der Waals surface area contributed by atoms with E-state index in [1.165, 1.54) is 18.3 Å². The first kappa shape index (κ1) is 15.9. The number of hydrogen-bond donors (Lipinski definition) is 2. The molecule has 0 radical (unpaired) electrons. The number of carbonyl (C=O) groups is 1. The molecule has 0 fully saturated rings. The zero-order valence-corrected chi connectivity index (χ0v) is 13.5. The lowest BCUT2D eigenvalue weighted by atomic mass is 10.2. The first-order valence-corrected chi connectivity index (χ1v) is 8.87. The van der Waals surface area contributed by atoms with Gasteiger partial charge in [0.1, 0.15) is 5.82 Å². The molecule has 0 unspecified atom stereocenters. The van der Waals surface area contributed by atoms with Crippen LogP contribution in [0, 0.1) is 0 Å². The van der Waals surface area contributed by atoms with Crippen molar-refractivity contribution in [2.75, 3.05) is 5.32 Å². The maximum Gasteiger partial charge on any atom is 0.256 e. The molecule has 1 amide bonds. The van der Waals surface area contributed by atoms with Crippen LogP contribution in [0.15, 0.2) is 71.8 Å². The van der Waals surface area contributed by atoms with Gasteiger partial charge in [0, 0.05) is 11.6 Å². The number of nitrogens with zero attached hydrogens (tertiary/aromatic N) is 1. The lowest BCUT2D eigenvalue weighted by Crippen LogP contribution is -2.13. The highest BCUT2D eigenvalue weighted by molar-refractivity contribution is 7.90. The van der Waals surface area contributed by atoms with Gasteiger partial charge in [-0.05, 0) is 23.8 Å². The van der Waals surface area contributed by atoms with Crippen LogP contribution in [0.4, 0.5) is 5.82 Å². The molecule has 0 saturated carbocycles. The van der Waals surface area contributed by atoms with E-state index in [2.05, 4.69) is 15.5 Å². The molecule has 0 aliphatic carbocycles. The van der Waals surface area contributed by atoms with E-state index in [9.17, 15) is 13.2 Å². The molecule has 24 heavy (non-hydrogen) atoms. The van der Waals surface area contributed by atoms with E-state index >= 15 is 0 Å². The molecule has 1 heterocycles. The maximum atomic E-state index is 12.5. The molecular weight excluding hydrogens is 326 g/mol. The average Bonchev–Trinajstić information content (AvgIpc) is 3.08. The Morgan fingerprint density at radius 2 is 1.83 bits per heavy atom. The monoisotopic (exact) mass is 341 g/mol. The Hall–Kier alpha value is -2.93. The van der Waals surface area contributed by atoms with Gasteiger partial charge in [-0.2, -0.15) is 5.10 Å². The maximum absolute atomic E-state index is 12.5. The highest BCUT2D eigenvalue weighted by Crippen LogP contribution is 2.18. The highest BCUT2D eigenvalue weighted by Gasteiger charge is 2.17. The van der Waals surface area contributed by atoms with Gasteiger partial charge in [0.25, 0.3) is 5.91 Å². The highest BCUT2D eigenvalue weighted by atomic mass is 32.2. The topological polar surface area (TPSA) is 91.9 Å². The minimum atomic E-state index is -3.53. The van der Waals surface area contributed by atoms with Crippen molar-refractivity contribution >= 4 is 21.6 Å². The normalized spacial score (nSPS) is 11.2. The van der Waals surface area contributed by atoms with E-state index in [1.54, 1.807) is 42.5 Å². The Kier molecular flexibility index (Phi) is 4.43. The van der Waals surface area contributed by atoms with Crippen molar-refractivity contribution in [3.05, 3.63) is 78.0 Å². The molecule has 0 saturated heterocycles. The molecule has 7 heteroatoms. The van der Waals surface area contributed by atoms with E-state index in [4.69, 9.17) is 0 Å². The smallest absolute Gasteiger partial charge is 0.256 e. The second kappa shape index (κ2) is 6.67. The van der Waals surface area contributed by atoms with Crippen molar-refractivity contribution in [1.29, 1.82) is 0 Å². The van der Waals surface area contributed by atoms with Gasteiger partial charge in [-0.1, -0.05) is 36.4 Å².